The lowest BCUT2D eigenvalue weighted by atomic mass is 10.1. The minimum Gasteiger partial charge on any atom is -0.433 e. The van der Waals surface area contributed by atoms with Crippen LogP contribution in [0.5, 0.6) is 5.75 Å². The predicted octanol–water partition coefficient (Wildman–Crippen LogP) is 4.42. The molecule has 2 aliphatic rings. The lowest BCUT2D eigenvalue weighted by Crippen LogP contribution is -2.54. The van der Waals surface area contributed by atoms with Crippen LogP contribution < -0.4 is 15.6 Å². The monoisotopic (exact) mass is 580 g/mol. The minimum atomic E-state index is -3.09. The van der Waals surface area contributed by atoms with Gasteiger partial charge < -0.3 is 15.0 Å². The molecule has 2 fully saturated rings. The number of aromatic nitrogens is 3. The molecule has 1 amide bonds. The maximum Gasteiger partial charge on any atom is 0.387 e. The van der Waals surface area contributed by atoms with Crippen LogP contribution in [0.25, 0.3) is 27.7 Å². The molecule has 1 aliphatic heterocycles. The van der Waals surface area contributed by atoms with Gasteiger partial charge in [0, 0.05) is 44.1 Å². The molecule has 0 unspecified atom stereocenters. The van der Waals surface area contributed by atoms with Crippen LogP contribution >= 0.6 is 11.6 Å². The highest BCUT2D eigenvalue weighted by atomic mass is 35.5. The Balaban J connectivity index is 1.32. The van der Waals surface area contributed by atoms with Crippen molar-refractivity contribution in [3.8, 4) is 22.6 Å². The van der Waals surface area contributed by atoms with Gasteiger partial charge in [-0.15, -0.1) is 0 Å². The van der Waals surface area contributed by atoms with Crippen LogP contribution in [-0.2, 0) is 4.79 Å². The van der Waals surface area contributed by atoms with Gasteiger partial charge >= 0.3 is 6.61 Å². The second kappa shape index (κ2) is 10.8. The fourth-order valence-electron chi connectivity index (χ4n) is 5.30. The average Bonchev–Trinajstić information content (AvgIpc) is 3.77. The molecule has 4 aromatic rings. The zero-order valence-corrected chi connectivity index (χ0v) is 22.9. The number of carbonyl (C=O) groups is 1. The summed E-state index contributed by atoms with van der Waals surface area (Å²) in [6, 6.07) is 11.2. The first kappa shape index (κ1) is 27.3. The fourth-order valence-corrected chi connectivity index (χ4v) is 5.47. The maximum atomic E-state index is 13.5. The molecule has 212 valence electrons. The van der Waals surface area contributed by atoms with Crippen molar-refractivity contribution in [1.82, 2.24) is 24.3 Å². The van der Waals surface area contributed by atoms with Gasteiger partial charge in [0.2, 0.25) is 5.91 Å². The van der Waals surface area contributed by atoms with E-state index in [0.29, 0.717) is 34.5 Å². The number of nitrogens with one attached hydrogen (secondary N) is 1. The summed E-state index contributed by atoms with van der Waals surface area (Å²) in [5, 5.41) is 3.67. The number of alkyl halides is 2. The summed E-state index contributed by atoms with van der Waals surface area (Å²) in [4.78, 5) is 39.9. The van der Waals surface area contributed by atoms with Crippen LogP contribution in [-0.4, -0.2) is 75.6 Å². The van der Waals surface area contributed by atoms with Gasteiger partial charge in [0.05, 0.1) is 27.3 Å². The van der Waals surface area contributed by atoms with Crippen molar-refractivity contribution >= 4 is 34.1 Å². The molecule has 1 aliphatic carbocycles. The molecule has 0 bridgehead atoms. The number of pyridine rings is 1. The van der Waals surface area contributed by atoms with Crippen LogP contribution in [0.2, 0.25) is 5.02 Å². The second-order valence-electron chi connectivity index (χ2n) is 10.4. The van der Waals surface area contributed by atoms with E-state index in [0.717, 1.165) is 37.3 Å². The van der Waals surface area contributed by atoms with Gasteiger partial charge in [0.1, 0.15) is 17.6 Å². The average molecular weight is 581 g/mol. The standard InChI is InChI=1S/C29H27ClF2N6O3/c1-36-8-10-37(11-9-36)29(6-7-29)27(40)35-24-14-21(3-5-25(24)41-28(31)32)38-17-34-23-13-18(2-4-22(23)26(38)39)19-12-20(30)16-33-15-19/h2-5,12-17,28H,6-11H2,1H3,(H,35,40). The molecular formula is C29H27ClF2N6O3. The van der Waals surface area contributed by atoms with Gasteiger partial charge in [0.15, 0.2) is 0 Å². The third-order valence-electron chi connectivity index (χ3n) is 7.76. The first-order chi connectivity index (χ1) is 19.7. The maximum absolute atomic E-state index is 13.5. The van der Waals surface area contributed by atoms with E-state index in [1.807, 2.05) is 7.05 Å². The second-order valence-corrected chi connectivity index (χ2v) is 10.8. The highest BCUT2D eigenvalue weighted by Crippen LogP contribution is 2.44. The van der Waals surface area contributed by atoms with Crippen molar-refractivity contribution in [2.24, 2.45) is 0 Å². The van der Waals surface area contributed by atoms with Crippen molar-refractivity contribution in [2.75, 3.05) is 38.5 Å². The smallest absolute Gasteiger partial charge is 0.387 e. The number of ether oxygens (including phenoxy) is 1. The molecule has 41 heavy (non-hydrogen) atoms. The lowest BCUT2D eigenvalue weighted by Gasteiger charge is -2.37. The molecule has 2 aromatic heterocycles. The normalized spacial score (nSPS) is 17.1. The summed E-state index contributed by atoms with van der Waals surface area (Å²) in [7, 11) is 2.04. The third-order valence-corrected chi connectivity index (χ3v) is 7.96. The zero-order chi connectivity index (χ0) is 28.7. The molecular weight excluding hydrogens is 554 g/mol. The fraction of sp³-hybridized carbons (Fsp3) is 0.310. The molecule has 1 N–H and O–H groups in total. The SMILES string of the molecule is CN1CCN(C2(C(=O)Nc3cc(-n4cnc5cc(-c6cncc(Cl)c6)ccc5c4=O)ccc3OC(F)F)CC2)CC1. The summed E-state index contributed by atoms with van der Waals surface area (Å²) >= 11 is 6.07. The van der Waals surface area contributed by atoms with Crippen molar-refractivity contribution < 1.29 is 18.3 Å². The van der Waals surface area contributed by atoms with Crippen LogP contribution in [0.3, 0.4) is 0 Å². The van der Waals surface area contributed by atoms with Crippen LogP contribution in [0.1, 0.15) is 12.8 Å². The first-order valence-electron chi connectivity index (χ1n) is 13.2. The van der Waals surface area contributed by atoms with E-state index < -0.39 is 12.2 Å². The minimum absolute atomic E-state index is 0.0593. The Kier molecular flexibility index (Phi) is 7.18. The Morgan fingerprint density at radius 2 is 1.83 bits per heavy atom. The number of fused-ring (bicyclic) bond motifs is 1. The number of anilines is 1. The van der Waals surface area contributed by atoms with E-state index >= 15 is 0 Å². The topological polar surface area (TPSA) is 92.6 Å². The van der Waals surface area contributed by atoms with Gasteiger partial charge in [0.25, 0.3) is 5.56 Å². The Morgan fingerprint density at radius 1 is 1.05 bits per heavy atom. The van der Waals surface area contributed by atoms with E-state index in [9.17, 15) is 18.4 Å². The molecule has 0 radical (unpaired) electrons. The Morgan fingerprint density at radius 3 is 2.54 bits per heavy atom. The number of benzene rings is 2. The van der Waals surface area contributed by atoms with Crippen LogP contribution in [0, 0.1) is 0 Å². The Labute approximate surface area is 239 Å². The summed E-state index contributed by atoms with van der Waals surface area (Å²) in [5.41, 5.74) is 1.42. The zero-order valence-electron chi connectivity index (χ0n) is 22.2. The largest absolute Gasteiger partial charge is 0.433 e. The molecule has 0 atom stereocenters. The third kappa shape index (κ3) is 5.40. The van der Waals surface area contributed by atoms with E-state index in [1.54, 1.807) is 30.5 Å². The summed E-state index contributed by atoms with van der Waals surface area (Å²) in [6.45, 7) is 0.105. The van der Waals surface area contributed by atoms with Crippen molar-refractivity contribution in [2.45, 2.75) is 25.0 Å². The van der Waals surface area contributed by atoms with Gasteiger partial charge in [-0.3, -0.25) is 24.0 Å². The number of rotatable bonds is 7. The number of piperazine rings is 1. The molecule has 1 saturated carbocycles. The van der Waals surface area contributed by atoms with Crippen LogP contribution in [0.15, 0.2) is 66.0 Å². The number of carbonyl (C=O) groups excluding carboxylic acids is 1. The predicted molar refractivity (Wildman–Crippen MR) is 152 cm³/mol. The number of hydrogen-bond acceptors (Lipinski definition) is 7. The highest BCUT2D eigenvalue weighted by molar-refractivity contribution is 6.30. The lowest BCUT2D eigenvalue weighted by molar-refractivity contribution is -0.123. The van der Waals surface area contributed by atoms with Crippen molar-refractivity contribution in [3.63, 3.8) is 0 Å². The summed E-state index contributed by atoms with van der Waals surface area (Å²) in [5.74, 6) is -0.460. The number of amides is 1. The van der Waals surface area contributed by atoms with E-state index in [4.69, 9.17) is 16.3 Å². The summed E-state index contributed by atoms with van der Waals surface area (Å²) < 4.78 is 32.5. The Hall–Kier alpha value is -3.93. The van der Waals surface area contributed by atoms with Gasteiger partial charge in [-0.25, -0.2) is 4.98 Å². The molecule has 2 aromatic carbocycles. The van der Waals surface area contributed by atoms with E-state index in [1.165, 1.54) is 35.3 Å². The molecule has 1 saturated heterocycles. The van der Waals surface area contributed by atoms with Gasteiger partial charge in [-0.1, -0.05) is 17.7 Å². The Bertz CT molecular complexity index is 1690. The number of likely N-dealkylation sites (N-methyl/N-ethyl adjacent to an activating group) is 1. The number of nitrogens with zero attached hydrogens (tertiary/aromatic N) is 5. The molecule has 3 heterocycles. The van der Waals surface area contributed by atoms with Crippen molar-refractivity contribution in [1.29, 1.82) is 0 Å². The first-order valence-corrected chi connectivity index (χ1v) is 13.6. The molecule has 12 heteroatoms. The van der Waals surface area contributed by atoms with Crippen LogP contribution in [0.4, 0.5) is 14.5 Å². The molecule has 0 spiro atoms. The highest BCUT2D eigenvalue weighted by Gasteiger charge is 2.54. The number of halogens is 3. The van der Waals surface area contributed by atoms with E-state index in [-0.39, 0.29) is 22.9 Å². The van der Waals surface area contributed by atoms with Gasteiger partial charge in [-0.05, 0) is 61.9 Å². The van der Waals surface area contributed by atoms with E-state index in [2.05, 4.69) is 25.1 Å². The molecule has 6 rings (SSSR count). The number of hydrogen-bond donors (Lipinski definition) is 1. The van der Waals surface area contributed by atoms with Crippen molar-refractivity contribution in [3.05, 3.63) is 76.6 Å². The summed E-state index contributed by atoms with van der Waals surface area (Å²) in [6.07, 6.45) is 5.95. The quantitative estimate of drug-likeness (QED) is 0.346. The van der Waals surface area contributed by atoms with Gasteiger partial charge in [-0.2, -0.15) is 8.78 Å². The molecule has 9 nitrogen and oxygen atoms in total.